The van der Waals surface area contributed by atoms with Crippen LogP contribution in [0.1, 0.15) is 40.0 Å². The molecule has 3 saturated carbocycles. The molecule has 6 heteroatoms. The van der Waals surface area contributed by atoms with Crippen LogP contribution in [0, 0.1) is 34.5 Å². The number of Topliss-reactive ketones (excluding diaryl/α,β-unsaturated/α-hetero) is 1. The summed E-state index contributed by atoms with van der Waals surface area (Å²) in [4.78, 5) is 24.4. The van der Waals surface area contributed by atoms with Crippen molar-refractivity contribution in [1.82, 2.24) is 0 Å². The minimum absolute atomic E-state index is 0.154. The molecule has 0 radical (unpaired) electrons. The number of aliphatic hydroxyl groups is 3. The molecule has 0 amide bonds. The van der Waals surface area contributed by atoms with E-state index in [2.05, 4.69) is 0 Å². The van der Waals surface area contributed by atoms with Crippen LogP contribution in [0.15, 0.2) is 23.8 Å². The normalized spacial score (nSPS) is 52.5. The highest BCUT2D eigenvalue weighted by Gasteiger charge is 2.71. The van der Waals surface area contributed by atoms with E-state index in [-0.39, 0.29) is 42.3 Å². The lowest BCUT2D eigenvalue weighted by atomic mass is 9.46. The van der Waals surface area contributed by atoms with E-state index >= 15 is 4.39 Å². The number of aliphatic hydroxyl groups excluding tert-OH is 2. The smallest absolute Gasteiger partial charge is 0.190 e. The molecule has 0 bridgehead atoms. The van der Waals surface area contributed by atoms with E-state index in [9.17, 15) is 24.9 Å². The van der Waals surface area contributed by atoms with Crippen LogP contribution in [0.5, 0.6) is 0 Å². The zero-order chi connectivity index (χ0) is 20.6. The Balaban J connectivity index is 1.81. The molecule has 4 aliphatic carbocycles. The van der Waals surface area contributed by atoms with Gasteiger partial charge in [-0.05, 0) is 54.7 Å². The first-order valence-corrected chi connectivity index (χ1v) is 10.1. The lowest BCUT2D eigenvalue weighted by Crippen LogP contribution is -2.63. The average Bonchev–Trinajstić information content (AvgIpc) is 2.83. The minimum Gasteiger partial charge on any atom is -0.393 e. The molecule has 4 rings (SSSR count). The van der Waals surface area contributed by atoms with Gasteiger partial charge in [0.1, 0.15) is 18.4 Å². The molecule has 0 unspecified atom stereocenters. The Morgan fingerprint density at radius 3 is 2.64 bits per heavy atom. The number of carbonyl (C=O) groups is 2. The summed E-state index contributed by atoms with van der Waals surface area (Å²) in [5, 5.41) is 32.1. The molecular formula is C22H29FO5. The molecule has 0 aliphatic heterocycles. The monoisotopic (exact) mass is 392 g/mol. The standard InChI is InChI=1S/C22H29FO5/c1-11-6-14-13-8-16(23)15-7-12(25)4-5-20(15,2)19(13)17(26)9-21(14,3)22(11,28)18(27)10-24/h4-5,7,11,13-14,16-17,19,24,26,28H,6,8-10H2,1-3H3/t11-,13+,14+,16+,17-,19-,20+,21+,22+/m1/s1. The van der Waals surface area contributed by atoms with Gasteiger partial charge in [-0.2, -0.15) is 0 Å². The fourth-order valence-corrected chi connectivity index (χ4v) is 7.38. The van der Waals surface area contributed by atoms with Crippen molar-refractivity contribution in [3.8, 4) is 0 Å². The Labute approximate surface area is 164 Å². The largest absolute Gasteiger partial charge is 0.393 e. The van der Waals surface area contributed by atoms with Gasteiger partial charge < -0.3 is 15.3 Å². The first-order valence-electron chi connectivity index (χ1n) is 10.1. The predicted octanol–water partition coefficient (Wildman–Crippen LogP) is 1.75. The van der Waals surface area contributed by atoms with Crippen molar-refractivity contribution in [1.29, 1.82) is 0 Å². The van der Waals surface area contributed by atoms with Gasteiger partial charge in [0.15, 0.2) is 11.6 Å². The number of alkyl halides is 1. The van der Waals surface area contributed by atoms with Crippen LogP contribution in [-0.2, 0) is 9.59 Å². The molecule has 4 aliphatic rings. The van der Waals surface area contributed by atoms with Crippen molar-refractivity contribution in [3.63, 3.8) is 0 Å². The van der Waals surface area contributed by atoms with Crippen LogP contribution in [0.25, 0.3) is 0 Å². The molecule has 5 nitrogen and oxygen atoms in total. The second kappa shape index (κ2) is 6.07. The topological polar surface area (TPSA) is 94.8 Å². The van der Waals surface area contributed by atoms with E-state index in [1.165, 1.54) is 12.2 Å². The van der Waals surface area contributed by atoms with E-state index < -0.39 is 41.1 Å². The molecule has 0 saturated heterocycles. The maximum absolute atomic E-state index is 15.2. The third kappa shape index (κ3) is 2.22. The van der Waals surface area contributed by atoms with Gasteiger partial charge in [-0.3, -0.25) is 9.59 Å². The molecule has 0 aromatic rings. The Morgan fingerprint density at radius 2 is 2.00 bits per heavy atom. The molecule has 0 heterocycles. The van der Waals surface area contributed by atoms with Gasteiger partial charge in [0, 0.05) is 16.7 Å². The van der Waals surface area contributed by atoms with Crippen molar-refractivity contribution in [2.45, 2.75) is 57.9 Å². The number of fused-ring (bicyclic) bond motifs is 5. The van der Waals surface area contributed by atoms with Crippen LogP contribution in [0.2, 0.25) is 0 Å². The summed E-state index contributed by atoms with van der Waals surface area (Å²) >= 11 is 0. The first kappa shape index (κ1) is 19.9. The molecule has 3 N–H and O–H groups in total. The number of rotatable bonds is 2. The highest BCUT2D eigenvalue weighted by molar-refractivity contribution is 6.01. The number of halogens is 1. The van der Waals surface area contributed by atoms with Crippen LogP contribution in [-0.4, -0.2) is 51.4 Å². The van der Waals surface area contributed by atoms with Gasteiger partial charge in [0.2, 0.25) is 0 Å². The number of ketones is 2. The maximum Gasteiger partial charge on any atom is 0.190 e. The molecule has 0 spiro atoms. The van der Waals surface area contributed by atoms with Gasteiger partial charge in [-0.25, -0.2) is 4.39 Å². The van der Waals surface area contributed by atoms with Crippen molar-refractivity contribution in [3.05, 3.63) is 23.8 Å². The fraction of sp³-hybridized carbons (Fsp3) is 0.727. The Kier molecular flexibility index (Phi) is 4.32. The second-order valence-electron chi connectivity index (χ2n) is 9.79. The molecule has 0 aromatic heterocycles. The molecule has 154 valence electrons. The lowest BCUT2D eigenvalue weighted by Gasteiger charge is -2.60. The van der Waals surface area contributed by atoms with Crippen LogP contribution in [0.3, 0.4) is 0 Å². The van der Waals surface area contributed by atoms with E-state index in [4.69, 9.17) is 0 Å². The van der Waals surface area contributed by atoms with Gasteiger partial charge in [-0.15, -0.1) is 0 Å². The number of hydrogen-bond donors (Lipinski definition) is 3. The van der Waals surface area contributed by atoms with Crippen molar-refractivity contribution < 1.29 is 29.3 Å². The van der Waals surface area contributed by atoms with Crippen LogP contribution >= 0.6 is 0 Å². The predicted molar refractivity (Wildman–Crippen MR) is 99.9 cm³/mol. The highest BCUT2D eigenvalue weighted by Crippen LogP contribution is 2.68. The van der Waals surface area contributed by atoms with Gasteiger partial charge in [0.05, 0.1) is 6.10 Å². The second-order valence-corrected chi connectivity index (χ2v) is 9.79. The summed E-state index contributed by atoms with van der Waals surface area (Å²) < 4.78 is 15.2. The summed E-state index contributed by atoms with van der Waals surface area (Å²) in [5.74, 6) is -1.92. The van der Waals surface area contributed by atoms with Gasteiger partial charge in [-0.1, -0.05) is 26.8 Å². The quantitative estimate of drug-likeness (QED) is 0.666. The third-order valence-electron chi connectivity index (χ3n) is 8.63. The van der Waals surface area contributed by atoms with Crippen molar-refractivity contribution in [2.24, 2.45) is 34.5 Å². The summed E-state index contributed by atoms with van der Waals surface area (Å²) in [6.07, 6.45) is 3.29. The number of hydrogen-bond acceptors (Lipinski definition) is 5. The van der Waals surface area contributed by atoms with Crippen molar-refractivity contribution in [2.75, 3.05) is 6.61 Å². The van der Waals surface area contributed by atoms with Crippen LogP contribution < -0.4 is 0 Å². The summed E-state index contributed by atoms with van der Waals surface area (Å²) in [7, 11) is 0. The lowest BCUT2D eigenvalue weighted by molar-refractivity contribution is -0.185. The highest BCUT2D eigenvalue weighted by atomic mass is 19.1. The van der Waals surface area contributed by atoms with Crippen molar-refractivity contribution >= 4 is 11.6 Å². The van der Waals surface area contributed by atoms with E-state index in [0.29, 0.717) is 12.0 Å². The SMILES string of the molecule is C[C@@H]1C[C@H]2[C@@H]3C[C@H](F)C4=CC(=O)C=C[C@]4(C)[C@H]3[C@H](O)C[C@]2(C)[C@@]1(O)C(=O)CO. The van der Waals surface area contributed by atoms with Gasteiger partial charge >= 0.3 is 0 Å². The zero-order valence-corrected chi connectivity index (χ0v) is 16.6. The Morgan fingerprint density at radius 1 is 1.32 bits per heavy atom. The number of carbonyl (C=O) groups excluding carboxylic acids is 2. The zero-order valence-electron chi connectivity index (χ0n) is 16.6. The average molecular weight is 392 g/mol. The van der Waals surface area contributed by atoms with Crippen LogP contribution in [0.4, 0.5) is 4.39 Å². The molecular weight excluding hydrogens is 363 g/mol. The van der Waals surface area contributed by atoms with Gasteiger partial charge in [0.25, 0.3) is 0 Å². The molecule has 28 heavy (non-hydrogen) atoms. The van der Waals surface area contributed by atoms with E-state index in [0.717, 1.165) is 0 Å². The van der Waals surface area contributed by atoms with E-state index in [1.807, 2.05) is 6.92 Å². The Hall–Kier alpha value is -1.37. The first-order chi connectivity index (χ1) is 13.0. The summed E-state index contributed by atoms with van der Waals surface area (Å²) in [6.45, 7) is 4.71. The summed E-state index contributed by atoms with van der Waals surface area (Å²) in [5.41, 5.74) is -3.00. The summed E-state index contributed by atoms with van der Waals surface area (Å²) in [6, 6.07) is 0. The minimum atomic E-state index is -1.74. The maximum atomic E-state index is 15.2. The molecule has 9 atom stereocenters. The molecule has 3 fully saturated rings. The molecule has 0 aromatic carbocycles. The Bertz CT molecular complexity index is 790. The third-order valence-corrected chi connectivity index (χ3v) is 8.63. The number of allylic oxidation sites excluding steroid dienone is 4. The van der Waals surface area contributed by atoms with E-state index in [1.54, 1.807) is 19.9 Å². The fourth-order valence-electron chi connectivity index (χ4n) is 7.38.